The molecule has 132 valence electrons. The maximum absolute atomic E-state index is 11.4. The summed E-state index contributed by atoms with van der Waals surface area (Å²) in [7, 11) is 0. The zero-order chi connectivity index (χ0) is 16.2. The fraction of sp³-hybridized carbons (Fsp3) is 0.471. The zero-order valence-electron chi connectivity index (χ0n) is 13.6. The highest BCUT2D eigenvalue weighted by Crippen LogP contribution is 2.22. The first-order valence-electron chi connectivity index (χ1n) is 7.77. The molecular formula is C17H22ClNO5. The van der Waals surface area contributed by atoms with Gasteiger partial charge in [0.2, 0.25) is 0 Å². The first-order valence-corrected chi connectivity index (χ1v) is 7.77. The summed E-state index contributed by atoms with van der Waals surface area (Å²) < 4.78 is 16.1. The number of aliphatic hydroxyl groups is 1. The van der Waals surface area contributed by atoms with E-state index in [2.05, 4.69) is 4.90 Å². The van der Waals surface area contributed by atoms with Crippen molar-refractivity contribution in [3.05, 3.63) is 40.2 Å². The monoisotopic (exact) mass is 355 g/mol. The molecule has 0 spiro atoms. The number of hydrogen-bond donors (Lipinski definition) is 1. The van der Waals surface area contributed by atoms with Crippen molar-refractivity contribution < 1.29 is 19.0 Å². The third-order valence-electron chi connectivity index (χ3n) is 3.94. The van der Waals surface area contributed by atoms with E-state index in [4.69, 9.17) is 13.9 Å². The molecule has 0 amide bonds. The molecule has 6 nitrogen and oxygen atoms in total. The van der Waals surface area contributed by atoms with Gasteiger partial charge in [-0.2, -0.15) is 0 Å². The number of aliphatic hydroxyl groups excluding tert-OH is 1. The lowest BCUT2D eigenvalue weighted by Gasteiger charge is -2.28. The molecular weight excluding hydrogens is 334 g/mol. The predicted molar refractivity (Wildman–Crippen MR) is 93.2 cm³/mol. The molecule has 1 aromatic carbocycles. The maximum Gasteiger partial charge on any atom is 0.336 e. The largest absolute Gasteiger partial charge is 0.491 e. The van der Waals surface area contributed by atoms with Gasteiger partial charge >= 0.3 is 5.63 Å². The minimum Gasteiger partial charge on any atom is -0.491 e. The Morgan fingerprint density at radius 1 is 1.29 bits per heavy atom. The Hall–Kier alpha value is -1.60. The number of benzene rings is 1. The molecule has 0 radical (unpaired) electrons. The second-order valence-electron chi connectivity index (χ2n) is 5.78. The van der Waals surface area contributed by atoms with E-state index in [1.54, 1.807) is 6.07 Å². The van der Waals surface area contributed by atoms with Crippen LogP contribution in [0.25, 0.3) is 11.0 Å². The Morgan fingerprint density at radius 2 is 2.04 bits per heavy atom. The molecule has 1 aliphatic rings. The fourth-order valence-corrected chi connectivity index (χ4v) is 2.72. The number of halogens is 1. The van der Waals surface area contributed by atoms with Crippen LogP contribution >= 0.6 is 12.4 Å². The van der Waals surface area contributed by atoms with Crippen LogP contribution in [0.2, 0.25) is 0 Å². The van der Waals surface area contributed by atoms with Crippen LogP contribution in [-0.2, 0) is 4.74 Å². The lowest BCUT2D eigenvalue weighted by molar-refractivity contribution is 0.00466. The molecule has 1 atom stereocenters. The molecule has 0 bridgehead atoms. The van der Waals surface area contributed by atoms with E-state index in [1.807, 2.05) is 19.1 Å². The summed E-state index contributed by atoms with van der Waals surface area (Å²) in [5.41, 5.74) is 0.991. The van der Waals surface area contributed by atoms with E-state index in [0.717, 1.165) is 24.0 Å². The molecule has 0 aliphatic carbocycles. The van der Waals surface area contributed by atoms with E-state index in [9.17, 15) is 9.90 Å². The Labute approximate surface area is 146 Å². The third-order valence-corrected chi connectivity index (χ3v) is 3.94. The van der Waals surface area contributed by atoms with E-state index >= 15 is 0 Å². The van der Waals surface area contributed by atoms with Crippen molar-refractivity contribution in [3.8, 4) is 5.75 Å². The molecule has 1 N–H and O–H groups in total. The minimum absolute atomic E-state index is 0. The predicted octanol–water partition coefficient (Wildman–Crippen LogP) is 1.60. The summed E-state index contributed by atoms with van der Waals surface area (Å²) in [5, 5.41) is 11.0. The smallest absolute Gasteiger partial charge is 0.336 e. The topological polar surface area (TPSA) is 72.1 Å². The summed E-state index contributed by atoms with van der Waals surface area (Å²) in [6, 6.07) is 6.83. The number of hydrogen-bond acceptors (Lipinski definition) is 6. The van der Waals surface area contributed by atoms with E-state index in [-0.39, 0.29) is 24.6 Å². The number of nitrogens with zero attached hydrogens (tertiary/aromatic N) is 1. The lowest BCUT2D eigenvalue weighted by Crippen LogP contribution is -2.42. The average molecular weight is 356 g/mol. The summed E-state index contributed by atoms with van der Waals surface area (Å²) in [4.78, 5) is 13.6. The Balaban J connectivity index is 0.00000208. The summed E-state index contributed by atoms with van der Waals surface area (Å²) in [6.45, 7) is 5.69. The normalized spacial score (nSPS) is 16.6. The quantitative estimate of drug-likeness (QED) is 0.821. The molecule has 2 aromatic rings. The van der Waals surface area contributed by atoms with Crippen LogP contribution in [0.5, 0.6) is 5.75 Å². The van der Waals surface area contributed by atoms with Crippen LogP contribution in [0.15, 0.2) is 33.5 Å². The van der Waals surface area contributed by atoms with Gasteiger partial charge in [0, 0.05) is 37.2 Å². The molecule has 3 rings (SSSR count). The number of morpholine rings is 1. The molecule has 1 unspecified atom stereocenters. The molecule has 1 aliphatic heterocycles. The molecule has 7 heteroatoms. The average Bonchev–Trinajstić information content (AvgIpc) is 2.53. The van der Waals surface area contributed by atoms with E-state index in [1.165, 1.54) is 6.07 Å². The second-order valence-corrected chi connectivity index (χ2v) is 5.78. The number of β-amino-alcohol motifs (C(OH)–C–C–N with tert-alkyl or cyclic N) is 1. The van der Waals surface area contributed by atoms with Gasteiger partial charge in [-0.25, -0.2) is 4.79 Å². The third kappa shape index (κ3) is 4.70. The molecule has 1 aromatic heterocycles. The Bertz CT molecular complexity index is 726. The lowest BCUT2D eigenvalue weighted by atomic mass is 10.1. The minimum atomic E-state index is -0.576. The summed E-state index contributed by atoms with van der Waals surface area (Å²) in [5.74, 6) is 0.576. The highest BCUT2D eigenvalue weighted by atomic mass is 35.5. The van der Waals surface area contributed by atoms with Crippen molar-refractivity contribution in [2.75, 3.05) is 39.5 Å². The summed E-state index contributed by atoms with van der Waals surface area (Å²) >= 11 is 0. The standard InChI is InChI=1S/C17H21NO5.ClH/c1-12-8-17(20)23-16-9-14(2-3-15(12)16)22-11-13(19)10-18-4-6-21-7-5-18;/h2-3,8-9,13,19H,4-7,10-11H2,1H3;1H. The van der Waals surface area contributed by atoms with Crippen molar-refractivity contribution in [1.29, 1.82) is 0 Å². The SMILES string of the molecule is Cc1cc(=O)oc2cc(OCC(O)CN3CCOCC3)ccc12.Cl. The first-order chi connectivity index (χ1) is 11.1. The van der Waals surface area contributed by atoms with Crippen molar-refractivity contribution in [1.82, 2.24) is 4.90 Å². The van der Waals surface area contributed by atoms with Gasteiger partial charge in [-0.05, 0) is 24.6 Å². The Morgan fingerprint density at radius 3 is 2.79 bits per heavy atom. The first kappa shape index (κ1) is 18.7. The molecule has 1 saturated heterocycles. The van der Waals surface area contributed by atoms with Gasteiger partial charge in [0.05, 0.1) is 13.2 Å². The molecule has 24 heavy (non-hydrogen) atoms. The van der Waals surface area contributed by atoms with Crippen LogP contribution in [0.1, 0.15) is 5.56 Å². The molecule has 2 heterocycles. The number of ether oxygens (including phenoxy) is 2. The zero-order valence-corrected chi connectivity index (χ0v) is 14.4. The van der Waals surface area contributed by atoms with Crippen LogP contribution in [0.3, 0.4) is 0 Å². The van der Waals surface area contributed by atoms with Crippen LogP contribution in [0, 0.1) is 6.92 Å². The van der Waals surface area contributed by atoms with Gasteiger partial charge in [0.25, 0.3) is 0 Å². The van der Waals surface area contributed by atoms with Crippen LogP contribution in [-0.4, -0.2) is 55.6 Å². The fourth-order valence-electron chi connectivity index (χ4n) is 2.72. The Kier molecular flexibility index (Phi) is 6.62. The van der Waals surface area contributed by atoms with Gasteiger partial charge in [-0.15, -0.1) is 12.4 Å². The van der Waals surface area contributed by atoms with Crippen molar-refractivity contribution >= 4 is 23.4 Å². The summed E-state index contributed by atoms with van der Waals surface area (Å²) in [6.07, 6.45) is -0.576. The number of fused-ring (bicyclic) bond motifs is 1. The van der Waals surface area contributed by atoms with E-state index in [0.29, 0.717) is 31.1 Å². The van der Waals surface area contributed by atoms with Crippen LogP contribution < -0.4 is 10.4 Å². The highest BCUT2D eigenvalue weighted by molar-refractivity contribution is 5.85. The van der Waals surface area contributed by atoms with Gasteiger partial charge in [0.1, 0.15) is 24.0 Å². The van der Waals surface area contributed by atoms with Crippen molar-refractivity contribution in [2.45, 2.75) is 13.0 Å². The van der Waals surface area contributed by atoms with Crippen molar-refractivity contribution in [2.24, 2.45) is 0 Å². The van der Waals surface area contributed by atoms with Gasteiger partial charge in [0.15, 0.2) is 0 Å². The van der Waals surface area contributed by atoms with E-state index < -0.39 is 6.10 Å². The number of aryl methyl sites for hydroxylation is 1. The van der Waals surface area contributed by atoms with Crippen molar-refractivity contribution in [3.63, 3.8) is 0 Å². The number of rotatable bonds is 5. The molecule has 1 fully saturated rings. The van der Waals surface area contributed by atoms with Gasteiger partial charge < -0.3 is 19.0 Å². The van der Waals surface area contributed by atoms with Gasteiger partial charge in [-0.1, -0.05) is 0 Å². The van der Waals surface area contributed by atoms with Crippen LogP contribution in [0.4, 0.5) is 0 Å². The highest BCUT2D eigenvalue weighted by Gasteiger charge is 2.15. The maximum atomic E-state index is 11.4. The second kappa shape index (κ2) is 8.48. The molecule has 0 saturated carbocycles. The van der Waals surface area contributed by atoms with Gasteiger partial charge in [-0.3, -0.25) is 4.90 Å².